The molecule has 0 aliphatic carbocycles. The van der Waals surface area contributed by atoms with Crippen LogP contribution in [-0.4, -0.2) is 56.5 Å². The summed E-state index contributed by atoms with van der Waals surface area (Å²) in [5.74, 6) is 0.637. The normalized spacial score (nSPS) is 31.1. The molecule has 2 saturated heterocycles. The van der Waals surface area contributed by atoms with Crippen LogP contribution in [0.3, 0.4) is 0 Å². The third-order valence-electron chi connectivity index (χ3n) is 4.40. The second-order valence-corrected chi connectivity index (χ2v) is 7.53. The van der Waals surface area contributed by atoms with Crippen LogP contribution in [0.5, 0.6) is 0 Å². The van der Waals surface area contributed by atoms with E-state index in [4.69, 9.17) is 9.47 Å². The van der Waals surface area contributed by atoms with Gasteiger partial charge >= 0.3 is 6.09 Å². The van der Waals surface area contributed by atoms with Crippen LogP contribution in [0.15, 0.2) is 12.4 Å². The molecule has 3 rings (SSSR count). The van der Waals surface area contributed by atoms with Gasteiger partial charge in [0.1, 0.15) is 17.0 Å². The molecular weight excluding hydrogens is 298 g/mol. The number of nitrogens with zero attached hydrogens (tertiary/aromatic N) is 3. The van der Waals surface area contributed by atoms with E-state index >= 15 is 0 Å². The smallest absolute Gasteiger partial charge is 0.410 e. The molecule has 0 spiro atoms. The number of carbonyl (C=O) groups excluding carboxylic acids is 1. The fraction of sp³-hybridized carbons (Fsp3) is 0.750. The van der Waals surface area contributed by atoms with Crippen molar-refractivity contribution in [1.82, 2.24) is 14.5 Å². The molecular formula is C16H25N3O4. The van der Waals surface area contributed by atoms with E-state index in [2.05, 4.69) is 4.98 Å². The number of amides is 1. The Balaban J connectivity index is 1.84. The molecule has 23 heavy (non-hydrogen) atoms. The van der Waals surface area contributed by atoms with Gasteiger partial charge in [0.05, 0.1) is 25.3 Å². The Kier molecular flexibility index (Phi) is 3.88. The van der Waals surface area contributed by atoms with Crippen molar-refractivity contribution in [2.24, 2.45) is 7.05 Å². The highest BCUT2D eigenvalue weighted by Gasteiger charge is 2.51. The Morgan fingerprint density at radius 2 is 2.00 bits per heavy atom. The van der Waals surface area contributed by atoms with Crippen LogP contribution in [0.4, 0.5) is 4.79 Å². The average molecular weight is 323 g/mol. The SMILES string of the molecule is Cn1ccnc1C1(O)CC2COCC(C1)N2C(=O)OC(C)(C)C. The average Bonchev–Trinajstić information content (AvgIpc) is 2.82. The van der Waals surface area contributed by atoms with Gasteiger partial charge in [0.25, 0.3) is 0 Å². The van der Waals surface area contributed by atoms with E-state index in [9.17, 15) is 9.90 Å². The maximum absolute atomic E-state index is 12.5. The van der Waals surface area contributed by atoms with Crippen LogP contribution >= 0.6 is 0 Å². The molecule has 1 amide bonds. The number of fused-ring (bicyclic) bond motifs is 2. The number of hydrogen-bond donors (Lipinski definition) is 1. The maximum atomic E-state index is 12.5. The Morgan fingerprint density at radius 1 is 1.39 bits per heavy atom. The van der Waals surface area contributed by atoms with Gasteiger partial charge in [-0.3, -0.25) is 4.90 Å². The van der Waals surface area contributed by atoms with Crippen molar-refractivity contribution < 1.29 is 19.4 Å². The zero-order valence-corrected chi connectivity index (χ0v) is 14.2. The van der Waals surface area contributed by atoms with E-state index in [1.54, 1.807) is 11.1 Å². The highest BCUT2D eigenvalue weighted by atomic mass is 16.6. The molecule has 3 heterocycles. The topological polar surface area (TPSA) is 76.8 Å². The lowest BCUT2D eigenvalue weighted by atomic mass is 9.80. The van der Waals surface area contributed by atoms with Crippen molar-refractivity contribution >= 4 is 6.09 Å². The molecule has 1 aromatic heterocycles. The summed E-state index contributed by atoms with van der Waals surface area (Å²) in [5, 5.41) is 11.1. The van der Waals surface area contributed by atoms with Gasteiger partial charge in [0, 0.05) is 32.3 Å². The Labute approximate surface area is 136 Å². The lowest BCUT2D eigenvalue weighted by molar-refractivity contribution is -0.144. The van der Waals surface area contributed by atoms with Crippen molar-refractivity contribution in [3.05, 3.63) is 18.2 Å². The van der Waals surface area contributed by atoms with E-state index in [0.29, 0.717) is 31.9 Å². The van der Waals surface area contributed by atoms with Crippen LogP contribution in [0, 0.1) is 0 Å². The van der Waals surface area contributed by atoms with Gasteiger partial charge in [-0.2, -0.15) is 0 Å². The number of aromatic nitrogens is 2. The third kappa shape index (κ3) is 3.07. The van der Waals surface area contributed by atoms with Crippen molar-refractivity contribution in [2.45, 2.75) is 56.9 Å². The highest BCUT2D eigenvalue weighted by molar-refractivity contribution is 5.69. The van der Waals surface area contributed by atoms with Gasteiger partial charge in [0.15, 0.2) is 0 Å². The van der Waals surface area contributed by atoms with Gasteiger partial charge in [0.2, 0.25) is 0 Å². The first-order chi connectivity index (χ1) is 10.7. The second kappa shape index (κ2) is 5.49. The fourth-order valence-corrected chi connectivity index (χ4v) is 3.59. The first-order valence-corrected chi connectivity index (χ1v) is 7.99. The maximum Gasteiger partial charge on any atom is 0.410 e. The first kappa shape index (κ1) is 16.3. The molecule has 0 aromatic carbocycles. The third-order valence-corrected chi connectivity index (χ3v) is 4.40. The molecule has 2 aliphatic rings. The predicted molar refractivity (Wildman–Crippen MR) is 82.8 cm³/mol. The number of imidazole rings is 1. The highest BCUT2D eigenvalue weighted by Crippen LogP contribution is 2.40. The summed E-state index contributed by atoms with van der Waals surface area (Å²) >= 11 is 0. The standard InChI is InChI=1S/C16H25N3O4/c1-15(2,3)23-14(20)19-11-7-16(21,8-12(19)10-22-9-11)13-17-5-6-18(13)4/h5-6,11-12,21H,7-10H2,1-4H3. The second-order valence-electron chi connectivity index (χ2n) is 7.53. The van der Waals surface area contributed by atoms with Crippen molar-refractivity contribution in [3.63, 3.8) is 0 Å². The summed E-state index contributed by atoms with van der Waals surface area (Å²) in [5.41, 5.74) is -1.59. The fourth-order valence-electron chi connectivity index (χ4n) is 3.59. The van der Waals surface area contributed by atoms with E-state index in [1.807, 2.05) is 38.6 Å². The Hall–Kier alpha value is -1.60. The number of piperidine rings is 1. The van der Waals surface area contributed by atoms with Crippen LogP contribution in [0.25, 0.3) is 0 Å². The zero-order valence-electron chi connectivity index (χ0n) is 14.2. The summed E-state index contributed by atoms with van der Waals surface area (Å²) in [6.07, 6.45) is 3.96. The molecule has 7 nitrogen and oxygen atoms in total. The Bertz CT molecular complexity index is 578. The molecule has 128 valence electrons. The number of morpholine rings is 1. The van der Waals surface area contributed by atoms with Crippen LogP contribution in [0.1, 0.15) is 39.4 Å². The summed E-state index contributed by atoms with van der Waals surface area (Å²) in [6, 6.07) is -0.418. The lowest BCUT2D eigenvalue weighted by Crippen LogP contribution is -2.63. The van der Waals surface area contributed by atoms with Crippen molar-refractivity contribution in [1.29, 1.82) is 0 Å². The van der Waals surface area contributed by atoms with Crippen molar-refractivity contribution in [2.75, 3.05) is 13.2 Å². The lowest BCUT2D eigenvalue weighted by Gasteiger charge is -2.50. The van der Waals surface area contributed by atoms with E-state index in [1.165, 1.54) is 0 Å². The molecule has 2 bridgehead atoms. The molecule has 7 heteroatoms. The van der Waals surface area contributed by atoms with E-state index < -0.39 is 11.2 Å². The number of ether oxygens (including phenoxy) is 2. The number of aliphatic hydroxyl groups is 1. The molecule has 0 radical (unpaired) electrons. The van der Waals surface area contributed by atoms with Gasteiger partial charge in [-0.05, 0) is 20.8 Å². The Morgan fingerprint density at radius 3 is 2.48 bits per heavy atom. The zero-order chi connectivity index (χ0) is 16.8. The molecule has 2 fully saturated rings. The predicted octanol–water partition coefficient (Wildman–Crippen LogP) is 1.41. The quantitative estimate of drug-likeness (QED) is 0.845. The van der Waals surface area contributed by atoms with Crippen LogP contribution in [-0.2, 0) is 22.1 Å². The minimum Gasteiger partial charge on any atom is -0.444 e. The molecule has 2 atom stereocenters. The summed E-state index contributed by atoms with van der Waals surface area (Å²) in [6.45, 7) is 6.37. The van der Waals surface area contributed by atoms with E-state index in [-0.39, 0.29) is 18.2 Å². The summed E-state index contributed by atoms with van der Waals surface area (Å²) < 4.78 is 13.0. The number of aryl methyl sites for hydroxylation is 1. The molecule has 0 saturated carbocycles. The molecule has 2 unspecified atom stereocenters. The molecule has 1 aromatic rings. The number of hydrogen-bond acceptors (Lipinski definition) is 5. The van der Waals surface area contributed by atoms with Gasteiger partial charge in [-0.25, -0.2) is 9.78 Å². The van der Waals surface area contributed by atoms with Crippen LogP contribution in [0.2, 0.25) is 0 Å². The van der Waals surface area contributed by atoms with E-state index in [0.717, 1.165) is 0 Å². The van der Waals surface area contributed by atoms with Crippen molar-refractivity contribution in [3.8, 4) is 0 Å². The minimum atomic E-state index is -1.05. The number of rotatable bonds is 1. The van der Waals surface area contributed by atoms with Gasteiger partial charge in [-0.15, -0.1) is 0 Å². The molecule has 1 N–H and O–H groups in total. The minimum absolute atomic E-state index is 0.209. The van der Waals surface area contributed by atoms with Crippen LogP contribution < -0.4 is 0 Å². The molecule has 2 aliphatic heterocycles. The summed E-state index contributed by atoms with van der Waals surface area (Å²) in [4.78, 5) is 18.6. The van der Waals surface area contributed by atoms with Gasteiger partial charge < -0.3 is 19.1 Å². The first-order valence-electron chi connectivity index (χ1n) is 7.99. The monoisotopic (exact) mass is 323 g/mol. The van der Waals surface area contributed by atoms with Gasteiger partial charge in [-0.1, -0.05) is 0 Å². The number of carbonyl (C=O) groups is 1. The summed E-state index contributed by atoms with van der Waals surface area (Å²) in [7, 11) is 1.87. The largest absolute Gasteiger partial charge is 0.444 e.